The second-order valence-corrected chi connectivity index (χ2v) is 6.76. The van der Waals surface area contributed by atoms with Crippen LogP contribution in [0.1, 0.15) is 12.8 Å². The SMILES string of the molecule is O=C([C@H]1CCCN(Cn2c(=O)oc3ccccc32)C1)N1CCOCC1. The summed E-state index contributed by atoms with van der Waals surface area (Å²) >= 11 is 0. The molecule has 0 unspecified atom stereocenters. The van der Waals surface area contributed by atoms with Crippen molar-refractivity contribution < 1.29 is 13.9 Å². The van der Waals surface area contributed by atoms with E-state index < -0.39 is 0 Å². The Morgan fingerprint density at radius 1 is 1.16 bits per heavy atom. The van der Waals surface area contributed by atoms with Crippen molar-refractivity contribution in [3.05, 3.63) is 34.8 Å². The van der Waals surface area contributed by atoms with E-state index in [0.717, 1.165) is 24.9 Å². The number of nitrogens with zero attached hydrogens (tertiary/aromatic N) is 3. The number of piperidine rings is 1. The van der Waals surface area contributed by atoms with Crippen molar-refractivity contribution in [1.29, 1.82) is 0 Å². The van der Waals surface area contributed by atoms with Crippen molar-refractivity contribution in [2.45, 2.75) is 19.5 Å². The van der Waals surface area contributed by atoms with Crippen LogP contribution >= 0.6 is 0 Å². The number of ether oxygens (including phenoxy) is 1. The van der Waals surface area contributed by atoms with Crippen molar-refractivity contribution in [2.75, 3.05) is 39.4 Å². The van der Waals surface area contributed by atoms with Gasteiger partial charge in [0, 0.05) is 19.6 Å². The van der Waals surface area contributed by atoms with Gasteiger partial charge in [0.15, 0.2) is 5.58 Å². The number of aromatic nitrogens is 1. The van der Waals surface area contributed by atoms with E-state index in [1.165, 1.54) is 0 Å². The van der Waals surface area contributed by atoms with E-state index in [1.807, 2.05) is 23.1 Å². The van der Waals surface area contributed by atoms with Crippen LogP contribution in [0, 0.1) is 5.92 Å². The third-order valence-corrected chi connectivity index (χ3v) is 5.09. The molecule has 0 saturated carbocycles. The number of morpholine rings is 1. The molecule has 3 heterocycles. The minimum Gasteiger partial charge on any atom is -0.408 e. The number of benzene rings is 1. The maximum absolute atomic E-state index is 12.7. The highest BCUT2D eigenvalue weighted by Gasteiger charge is 2.30. The first kappa shape index (κ1) is 16.4. The van der Waals surface area contributed by atoms with Gasteiger partial charge >= 0.3 is 5.76 Å². The van der Waals surface area contributed by atoms with E-state index >= 15 is 0 Å². The third-order valence-electron chi connectivity index (χ3n) is 5.09. The van der Waals surface area contributed by atoms with Crippen LogP contribution in [-0.2, 0) is 16.2 Å². The molecular formula is C18H23N3O4. The number of hydrogen-bond donors (Lipinski definition) is 0. The molecule has 2 aliphatic rings. The lowest BCUT2D eigenvalue weighted by Gasteiger charge is -2.36. The summed E-state index contributed by atoms with van der Waals surface area (Å²) in [5.74, 6) is -0.124. The van der Waals surface area contributed by atoms with Gasteiger partial charge in [0.25, 0.3) is 0 Å². The average molecular weight is 345 g/mol. The Morgan fingerprint density at radius 2 is 1.96 bits per heavy atom. The zero-order chi connectivity index (χ0) is 17.2. The predicted octanol–water partition coefficient (Wildman–Crippen LogP) is 1.12. The quantitative estimate of drug-likeness (QED) is 0.834. The van der Waals surface area contributed by atoms with E-state index in [9.17, 15) is 9.59 Å². The average Bonchev–Trinajstić information content (AvgIpc) is 2.97. The fourth-order valence-corrected chi connectivity index (χ4v) is 3.78. The Hall–Kier alpha value is -2.12. The first-order valence-electron chi connectivity index (χ1n) is 8.89. The molecule has 1 amide bonds. The van der Waals surface area contributed by atoms with Crippen molar-refractivity contribution in [3.8, 4) is 0 Å². The molecule has 1 atom stereocenters. The number of para-hydroxylation sites is 2. The Morgan fingerprint density at radius 3 is 2.80 bits per heavy atom. The molecule has 134 valence electrons. The fraction of sp³-hybridized carbons (Fsp3) is 0.556. The Bertz CT molecular complexity index is 806. The molecule has 2 aliphatic heterocycles. The summed E-state index contributed by atoms with van der Waals surface area (Å²) in [5, 5.41) is 0. The van der Waals surface area contributed by atoms with E-state index in [2.05, 4.69) is 4.90 Å². The van der Waals surface area contributed by atoms with Gasteiger partial charge in [-0.1, -0.05) is 12.1 Å². The number of fused-ring (bicyclic) bond motifs is 1. The van der Waals surface area contributed by atoms with Crippen LogP contribution in [0.5, 0.6) is 0 Å². The summed E-state index contributed by atoms with van der Waals surface area (Å²) in [4.78, 5) is 29.0. The fourth-order valence-electron chi connectivity index (χ4n) is 3.78. The van der Waals surface area contributed by atoms with Gasteiger partial charge in [0.1, 0.15) is 0 Å². The summed E-state index contributed by atoms with van der Waals surface area (Å²) in [5.41, 5.74) is 1.40. The molecule has 1 aromatic carbocycles. The number of amides is 1. The Labute approximate surface area is 145 Å². The van der Waals surface area contributed by atoms with Gasteiger partial charge in [0.05, 0.1) is 31.3 Å². The van der Waals surface area contributed by atoms with Crippen molar-refractivity contribution in [1.82, 2.24) is 14.4 Å². The molecule has 2 saturated heterocycles. The lowest BCUT2D eigenvalue weighted by atomic mass is 9.96. The standard InChI is InChI=1S/C18H23N3O4/c22-17(20-8-10-24-11-9-20)14-4-3-7-19(12-14)13-21-15-5-1-2-6-16(15)25-18(21)23/h1-2,5-6,14H,3-4,7-13H2/t14-/m0/s1. The first-order valence-corrected chi connectivity index (χ1v) is 8.89. The molecule has 0 radical (unpaired) electrons. The number of oxazole rings is 1. The lowest BCUT2D eigenvalue weighted by molar-refractivity contribution is -0.141. The molecule has 25 heavy (non-hydrogen) atoms. The summed E-state index contributed by atoms with van der Waals surface area (Å²) in [7, 11) is 0. The summed E-state index contributed by atoms with van der Waals surface area (Å²) < 4.78 is 12.3. The van der Waals surface area contributed by atoms with Crippen LogP contribution in [-0.4, -0.2) is 59.7 Å². The maximum Gasteiger partial charge on any atom is 0.421 e. The number of likely N-dealkylation sites (tertiary alicyclic amines) is 1. The monoisotopic (exact) mass is 345 g/mol. The molecule has 0 aliphatic carbocycles. The first-order chi connectivity index (χ1) is 12.2. The molecule has 7 nitrogen and oxygen atoms in total. The normalized spacial score (nSPS) is 22.4. The van der Waals surface area contributed by atoms with Gasteiger partial charge in [-0.25, -0.2) is 4.79 Å². The molecule has 4 rings (SSSR count). The summed E-state index contributed by atoms with van der Waals surface area (Å²) in [6, 6.07) is 7.44. The molecule has 0 spiro atoms. The van der Waals surface area contributed by atoms with Gasteiger partial charge < -0.3 is 14.1 Å². The molecule has 2 aromatic rings. The second-order valence-electron chi connectivity index (χ2n) is 6.76. The Balaban J connectivity index is 1.46. The van der Waals surface area contributed by atoms with Gasteiger partial charge in [-0.3, -0.25) is 14.3 Å². The summed E-state index contributed by atoms with van der Waals surface area (Å²) in [6.07, 6.45) is 1.87. The van der Waals surface area contributed by atoms with E-state index in [0.29, 0.717) is 45.1 Å². The molecular weight excluding hydrogens is 322 g/mol. The van der Waals surface area contributed by atoms with Crippen LogP contribution in [0.2, 0.25) is 0 Å². The maximum atomic E-state index is 12.7. The molecule has 0 N–H and O–H groups in total. The highest BCUT2D eigenvalue weighted by atomic mass is 16.5. The van der Waals surface area contributed by atoms with Crippen molar-refractivity contribution >= 4 is 17.0 Å². The van der Waals surface area contributed by atoms with Gasteiger partial charge in [-0.05, 0) is 31.5 Å². The van der Waals surface area contributed by atoms with Crippen LogP contribution in [0.4, 0.5) is 0 Å². The van der Waals surface area contributed by atoms with Gasteiger partial charge in [-0.2, -0.15) is 0 Å². The minimum atomic E-state index is -0.345. The highest BCUT2D eigenvalue weighted by molar-refractivity contribution is 5.79. The van der Waals surface area contributed by atoms with Crippen molar-refractivity contribution in [2.24, 2.45) is 5.92 Å². The lowest BCUT2D eigenvalue weighted by Crippen LogP contribution is -2.48. The topological polar surface area (TPSA) is 67.9 Å². The third kappa shape index (κ3) is 3.34. The molecule has 0 bridgehead atoms. The zero-order valence-electron chi connectivity index (χ0n) is 14.2. The van der Waals surface area contributed by atoms with Crippen LogP contribution in [0.25, 0.3) is 11.1 Å². The predicted molar refractivity (Wildman–Crippen MR) is 92.2 cm³/mol. The minimum absolute atomic E-state index is 0.000664. The van der Waals surface area contributed by atoms with E-state index in [-0.39, 0.29) is 17.6 Å². The Kier molecular flexibility index (Phi) is 4.59. The molecule has 7 heteroatoms. The largest absolute Gasteiger partial charge is 0.421 e. The molecule has 1 aromatic heterocycles. The van der Waals surface area contributed by atoms with Gasteiger partial charge in [-0.15, -0.1) is 0 Å². The number of carbonyl (C=O) groups excluding carboxylic acids is 1. The zero-order valence-corrected chi connectivity index (χ0v) is 14.2. The smallest absolute Gasteiger partial charge is 0.408 e. The van der Waals surface area contributed by atoms with E-state index in [1.54, 1.807) is 10.6 Å². The number of carbonyl (C=O) groups is 1. The number of rotatable bonds is 3. The van der Waals surface area contributed by atoms with Crippen LogP contribution in [0.3, 0.4) is 0 Å². The van der Waals surface area contributed by atoms with Crippen molar-refractivity contribution in [3.63, 3.8) is 0 Å². The number of hydrogen-bond acceptors (Lipinski definition) is 5. The van der Waals surface area contributed by atoms with E-state index in [4.69, 9.17) is 9.15 Å². The van der Waals surface area contributed by atoms with Gasteiger partial charge in [0.2, 0.25) is 5.91 Å². The summed E-state index contributed by atoms with van der Waals surface area (Å²) in [6.45, 7) is 4.64. The second kappa shape index (κ2) is 7.01. The highest BCUT2D eigenvalue weighted by Crippen LogP contribution is 2.21. The molecule has 2 fully saturated rings. The van der Waals surface area contributed by atoms with Crippen LogP contribution < -0.4 is 5.76 Å². The van der Waals surface area contributed by atoms with Crippen LogP contribution in [0.15, 0.2) is 33.5 Å².